The van der Waals surface area contributed by atoms with Gasteiger partial charge in [0.2, 0.25) is 0 Å². The highest BCUT2D eigenvalue weighted by atomic mass is 15.0. The summed E-state index contributed by atoms with van der Waals surface area (Å²) in [4.78, 5) is 0. The molecule has 0 bridgehead atoms. The van der Waals surface area contributed by atoms with Crippen molar-refractivity contribution in [3.63, 3.8) is 0 Å². The van der Waals surface area contributed by atoms with Crippen LogP contribution in [-0.4, -0.2) is 0 Å². The molecule has 2 nitrogen and oxygen atoms in total. The van der Waals surface area contributed by atoms with E-state index in [-0.39, 0.29) is 0 Å². The van der Waals surface area contributed by atoms with Crippen LogP contribution in [0.4, 0.5) is 0 Å². The standard InChI is InChI=1S/C19H16N2/c1-2-7-15-14(6-1)16-8-3-10-20-12-5-13-21-11-4-9-17(15)19(21)18(16)20/h1-4,6-11H,5,12-13H2/q+2. The highest BCUT2D eigenvalue weighted by molar-refractivity contribution is 6.21. The van der Waals surface area contributed by atoms with Crippen LogP contribution >= 0.6 is 0 Å². The fraction of sp³-hybridized carbons (Fsp3) is 0.158. The molecular weight excluding hydrogens is 256 g/mol. The first-order chi connectivity index (χ1) is 10.4. The maximum atomic E-state index is 2.42. The van der Waals surface area contributed by atoms with E-state index in [9.17, 15) is 0 Å². The smallest absolute Gasteiger partial charge is 0.192 e. The Kier molecular flexibility index (Phi) is 2.14. The molecular formula is C19H16N2+2. The Morgan fingerprint density at radius 2 is 1.05 bits per heavy atom. The van der Waals surface area contributed by atoms with Gasteiger partial charge in [-0.3, -0.25) is 0 Å². The van der Waals surface area contributed by atoms with Crippen molar-refractivity contribution in [2.75, 3.05) is 0 Å². The second-order valence-corrected chi connectivity index (χ2v) is 5.83. The number of benzene rings is 2. The van der Waals surface area contributed by atoms with E-state index in [2.05, 4.69) is 70.1 Å². The Hall–Kier alpha value is -2.48. The molecule has 0 unspecified atom stereocenters. The predicted molar refractivity (Wildman–Crippen MR) is 84.0 cm³/mol. The third-order valence-electron chi connectivity index (χ3n) is 4.67. The van der Waals surface area contributed by atoms with E-state index in [0.29, 0.717) is 0 Å². The molecule has 1 aliphatic rings. The average molecular weight is 272 g/mol. The topological polar surface area (TPSA) is 7.76 Å². The van der Waals surface area contributed by atoms with Crippen LogP contribution in [0.15, 0.2) is 60.9 Å². The SMILES string of the molecule is c1ccc2c(c1)c1ccc[n+]3c1c1c2ccc[n+]1CCC3. The van der Waals surface area contributed by atoms with Crippen molar-refractivity contribution < 1.29 is 9.13 Å². The molecule has 0 amide bonds. The van der Waals surface area contributed by atoms with Gasteiger partial charge in [0.25, 0.3) is 11.0 Å². The van der Waals surface area contributed by atoms with Crippen LogP contribution in [0.5, 0.6) is 0 Å². The number of rotatable bonds is 0. The summed E-state index contributed by atoms with van der Waals surface area (Å²) < 4.78 is 4.85. The maximum Gasteiger partial charge on any atom is 0.285 e. The lowest BCUT2D eigenvalue weighted by molar-refractivity contribution is -0.682. The van der Waals surface area contributed by atoms with Crippen LogP contribution in [0.25, 0.3) is 32.6 Å². The molecule has 0 fully saturated rings. The normalized spacial score (nSPS) is 14.1. The molecule has 1 aliphatic heterocycles. The van der Waals surface area contributed by atoms with Gasteiger partial charge >= 0.3 is 0 Å². The van der Waals surface area contributed by atoms with Gasteiger partial charge in [-0.2, -0.15) is 9.13 Å². The van der Waals surface area contributed by atoms with Crippen LogP contribution < -0.4 is 9.13 Å². The van der Waals surface area contributed by atoms with Gasteiger partial charge in [0.1, 0.15) is 0 Å². The zero-order valence-corrected chi connectivity index (χ0v) is 11.8. The summed E-state index contributed by atoms with van der Waals surface area (Å²) in [5.74, 6) is 0. The maximum absolute atomic E-state index is 2.42. The Morgan fingerprint density at radius 3 is 1.57 bits per heavy atom. The largest absolute Gasteiger partial charge is 0.285 e. The van der Waals surface area contributed by atoms with E-state index in [0.717, 1.165) is 13.1 Å². The number of hydrogen-bond acceptors (Lipinski definition) is 0. The molecule has 0 radical (unpaired) electrons. The van der Waals surface area contributed by atoms with Crippen LogP contribution in [0.1, 0.15) is 6.42 Å². The second kappa shape index (κ2) is 4.01. The minimum Gasteiger partial charge on any atom is -0.192 e. The summed E-state index contributed by atoms with van der Waals surface area (Å²) in [5, 5.41) is 5.44. The number of pyridine rings is 2. The zero-order valence-electron chi connectivity index (χ0n) is 11.8. The monoisotopic (exact) mass is 272 g/mol. The van der Waals surface area contributed by atoms with E-state index in [1.165, 1.54) is 39.0 Å². The van der Waals surface area contributed by atoms with Crippen molar-refractivity contribution in [2.45, 2.75) is 19.5 Å². The third-order valence-corrected chi connectivity index (χ3v) is 4.67. The van der Waals surface area contributed by atoms with Crippen LogP contribution in [0.2, 0.25) is 0 Å². The van der Waals surface area contributed by atoms with Crippen LogP contribution in [0.3, 0.4) is 0 Å². The summed E-state index contributed by atoms with van der Waals surface area (Å²) in [7, 11) is 0. The molecule has 0 N–H and O–H groups in total. The van der Waals surface area contributed by atoms with Crippen molar-refractivity contribution in [1.82, 2.24) is 0 Å². The molecule has 2 aromatic carbocycles. The molecule has 0 aliphatic carbocycles. The molecule has 4 aromatic rings. The molecule has 0 saturated carbocycles. The summed E-state index contributed by atoms with van der Waals surface area (Å²) in [6.45, 7) is 2.18. The van der Waals surface area contributed by atoms with Crippen molar-refractivity contribution in [1.29, 1.82) is 0 Å². The van der Waals surface area contributed by atoms with Gasteiger partial charge in [-0.25, -0.2) is 0 Å². The molecule has 5 rings (SSSR count). The van der Waals surface area contributed by atoms with Gasteiger partial charge < -0.3 is 0 Å². The van der Waals surface area contributed by atoms with E-state index < -0.39 is 0 Å². The van der Waals surface area contributed by atoms with Gasteiger partial charge in [-0.15, -0.1) is 0 Å². The Bertz CT molecular complexity index is 936. The molecule has 0 atom stereocenters. The van der Waals surface area contributed by atoms with Crippen molar-refractivity contribution >= 4 is 32.6 Å². The summed E-state index contributed by atoms with van der Waals surface area (Å²) in [6.07, 6.45) is 5.62. The lowest BCUT2D eigenvalue weighted by atomic mass is 9.99. The summed E-state index contributed by atoms with van der Waals surface area (Å²) >= 11 is 0. The number of nitrogens with zero attached hydrogens (tertiary/aromatic N) is 2. The Balaban J connectivity index is 2.23. The third kappa shape index (κ3) is 1.42. The second-order valence-electron chi connectivity index (χ2n) is 5.83. The average Bonchev–Trinajstić information content (AvgIpc) is 2.74. The van der Waals surface area contributed by atoms with Crippen LogP contribution in [0, 0.1) is 0 Å². The van der Waals surface area contributed by atoms with E-state index in [1.807, 2.05) is 0 Å². The van der Waals surface area contributed by atoms with E-state index >= 15 is 0 Å². The molecule has 0 spiro atoms. The van der Waals surface area contributed by atoms with Crippen molar-refractivity contribution in [2.24, 2.45) is 0 Å². The summed E-state index contributed by atoms with van der Waals surface area (Å²) in [6, 6.07) is 17.7. The van der Waals surface area contributed by atoms with Crippen molar-refractivity contribution in [3.05, 3.63) is 60.9 Å². The van der Waals surface area contributed by atoms with Gasteiger partial charge in [-0.05, 0) is 22.9 Å². The van der Waals surface area contributed by atoms with E-state index in [1.54, 1.807) is 0 Å². The van der Waals surface area contributed by atoms with Gasteiger partial charge in [-0.1, -0.05) is 24.3 Å². The molecule has 100 valence electrons. The molecule has 0 saturated heterocycles. The first-order valence-electron chi connectivity index (χ1n) is 7.58. The van der Waals surface area contributed by atoms with Gasteiger partial charge in [0, 0.05) is 12.1 Å². The molecule has 3 heterocycles. The highest BCUT2D eigenvalue weighted by Crippen LogP contribution is 2.31. The van der Waals surface area contributed by atoms with Crippen molar-refractivity contribution in [3.8, 4) is 0 Å². The molecule has 21 heavy (non-hydrogen) atoms. The number of aromatic nitrogens is 2. The molecule has 2 heteroatoms. The molecule has 2 aromatic heterocycles. The fourth-order valence-electron chi connectivity index (χ4n) is 3.80. The van der Waals surface area contributed by atoms with Gasteiger partial charge in [0.05, 0.1) is 17.2 Å². The Morgan fingerprint density at radius 1 is 0.571 bits per heavy atom. The fourth-order valence-corrected chi connectivity index (χ4v) is 3.80. The Labute approximate surface area is 122 Å². The zero-order chi connectivity index (χ0) is 13.8. The number of hydrogen-bond donors (Lipinski definition) is 0. The first-order valence-corrected chi connectivity index (χ1v) is 7.58. The lowest BCUT2D eigenvalue weighted by Gasteiger charge is -2.06. The predicted octanol–water partition coefficient (Wildman–Crippen LogP) is 3.12. The number of aryl methyl sites for hydroxylation is 2. The minimum absolute atomic E-state index is 1.09. The lowest BCUT2D eigenvalue weighted by Crippen LogP contribution is -2.33. The van der Waals surface area contributed by atoms with E-state index in [4.69, 9.17) is 0 Å². The first kappa shape index (κ1) is 11.2. The van der Waals surface area contributed by atoms with Crippen LogP contribution in [-0.2, 0) is 13.1 Å². The van der Waals surface area contributed by atoms with Gasteiger partial charge in [0.15, 0.2) is 25.5 Å². The minimum atomic E-state index is 1.09. The summed E-state index contributed by atoms with van der Waals surface area (Å²) in [5.41, 5.74) is 2.76. The quantitative estimate of drug-likeness (QED) is 0.343. The number of fused-ring (bicyclic) bond motifs is 3. The highest BCUT2D eigenvalue weighted by Gasteiger charge is 2.26.